The molecule has 1 heterocycles. The van der Waals surface area contributed by atoms with Crippen molar-refractivity contribution in [2.24, 2.45) is 0 Å². The Morgan fingerprint density at radius 1 is 1.50 bits per heavy atom. The van der Waals surface area contributed by atoms with Gasteiger partial charge in [-0.25, -0.2) is 8.93 Å². The maximum atomic E-state index is 11.5. The van der Waals surface area contributed by atoms with E-state index in [9.17, 15) is 4.21 Å². The fraction of sp³-hybridized carbons (Fsp3) is 0.500. The molecule has 0 aliphatic rings. The smallest absolute Gasteiger partial charge is 0.126 e. The van der Waals surface area contributed by atoms with Crippen LogP contribution in [0.4, 0.5) is 0 Å². The van der Waals surface area contributed by atoms with Crippen LogP contribution in [0.1, 0.15) is 20.8 Å². The molecule has 0 aliphatic heterocycles. The van der Waals surface area contributed by atoms with Gasteiger partial charge in [0.05, 0.1) is 4.90 Å². The molecule has 0 saturated heterocycles. The van der Waals surface area contributed by atoms with Gasteiger partial charge in [-0.1, -0.05) is 0 Å². The number of rotatable bonds is 2. The number of hydrogen-bond donors (Lipinski definition) is 1. The Morgan fingerprint density at radius 2 is 2.17 bits per heavy atom. The van der Waals surface area contributed by atoms with E-state index in [1.165, 1.54) is 0 Å². The molecule has 12 heavy (non-hydrogen) atoms. The van der Waals surface area contributed by atoms with E-state index in [1.807, 2.05) is 37.6 Å². The number of hydrogen-bond acceptors (Lipinski definition) is 2. The van der Waals surface area contributed by atoms with E-state index in [-0.39, 0.29) is 5.54 Å². The molecule has 0 aliphatic carbocycles. The summed E-state index contributed by atoms with van der Waals surface area (Å²) in [6.45, 7) is 5.99. The average Bonchev–Trinajstić information content (AvgIpc) is 2.32. The highest BCUT2D eigenvalue weighted by molar-refractivity contribution is 7.83. The molecule has 1 rings (SSSR count). The molecule has 0 spiro atoms. The van der Waals surface area contributed by atoms with Crippen LogP contribution >= 0.6 is 11.3 Å². The van der Waals surface area contributed by atoms with E-state index in [1.54, 1.807) is 11.3 Å². The van der Waals surface area contributed by atoms with E-state index in [4.69, 9.17) is 0 Å². The van der Waals surface area contributed by atoms with E-state index in [0.717, 1.165) is 4.90 Å². The first-order valence-electron chi connectivity index (χ1n) is 3.71. The van der Waals surface area contributed by atoms with Crippen molar-refractivity contribution < 1.29 is 4.21 Å². The van der Waals surface area contributed by atoms with Gasteiger partial charge in [-0.3, -0.25) is 0 Å². The van der Waals surface area contributed by atoms with Crippen molar-refractivity contribution in [2.45, 2.75) is 31.2 Å². The Labute approximate surface area is 79.6 Å². The predicted molar refractivity (Wildman–Crippen MR) is 53.6 cm³/mol. The highest BCUT2D eigenvalue weighted by Gasteiger charge is 2.14. The molecule has 2 nitrogen and oxygen atoms in total. The Balaban J connectivity index is 2.63. The van der Waals surface area contributed by atoms with E-state index in [2.05, 4.69) is 4.72 Å². The molecular formula is C8H13NOS2. The van der Waals surface area contributed by atoms with E-state index < -0.39 is 11.0 Å². The third-order valence-electron chi connectivity index (χ3n) is 1.11. The van der Waals surface area contributed by atoms with Crippen LogP contribution in [-0.2, 0) is 11.0 Å². The van der Waals surface area contributed by atoms with Crippen LogP contribution in [0.5, 0.6) is 0 Å². The molecule has 0 amide bonds. The van der Waals surface area contributed by atoms with Gasteiger partial charge in [-0.15, -0.1) is 0 Å². The maximum absolute atomic E-state index is 11.5. The molecule has 1 aromatic heterocycles. The second-order valence-corrected chi connectivity index (χ2v) is 5.57. The highest BCUT2D eigenvalue weighted by atomic mass is 32.2. The Kier molecular flexibility index (Phi) is 3.04. The number of nitrogens with one attached hydrogen (secondary N) is 1. The molecule has 0 bridgehead atoms. The van der Waals surface area contributed by atoms with Crippen molar-refractivity contribution in [3.05, 3.63) is 16.8 Å². The highest BCUT2D eigenvalue weighted by Crippen LogP contribution is 2.11. The van der Waals surface area contributed by atoms with Gasteiger partial charge in [0.1, 0.15) is 11.0 Å². The SMILES string of the molecule is CC(C)(C)NS(=O)c1ccsc1. The average molecular weight is 203 g/mol. The summed E-state index contributed by atoms with van der Waals surface area (Å²) in [6.07, 6.45) is 0. The molecule has 1 aromatic rings. The van der Waals surface area contributed by atoms with E-state index >= 15 is 0 Å². The first-order chi connectivity index (χ1) is 5.49. The lowest BCUT2D eigenvalue weighted by atomic mass is 10.1. The second kappa shape index (κ2) is 3.68. The van der Waals surface area contributed by atoms with Gasteiger partial charge in [-0.2, -0.15) is 11.3 Å². The summed E-state index contributed by atoms with van der Waals surface area (Å²) in [5, 5.41) is 3.83. The van der Waals surface area contributed by atoms with Crippen LogP contribution in [0, 0.1) is 0 Å². The summed E-state index contributed by atoms with van der Waals surface area (Å²) in [6, 6.07) is 1.87. The summed E-state index contributed by atoms with van der Waals surface area (Å²) in [5.41, 5.74) is -0.104. The topological polar surface area (TPSA) is 29.1 Å². The molecular weight excluding hydrogens is 190 g/mol. The molecule has 4 heteroatoms. The minimum atomic E-state index is -1.06. The Bertz CT molecular complexity index is 261. The van der Waals surface area contributed by atoms with Crippen molar-refractivity contribution in [1.29, 1.82) is 0 Å². The van der Waals surface area contributed by atoms with Gasteiger partial charge in [0, 0.05) is 10.9 Å². The lowest BCUT2D eigenvalue weighted by molar-refractivity contribution is 0.520. The van der Waals surface area contributed by atoms with Crippen molar-refractivity contribution in [3.63, 3.8) is 0 Å². The van der Waals surface area contributed by atoms with Crippen molar-refractivity contribution in [2.75, 3.05) is 0 Å². The quantitative estimate of drug-likeness (QED) is 0.784. The summed E-state index contributed by atoms with van der Waals surface area (Å²) in [5.74, 6) is 0. The van der Waals surface area contributed by atoms with Crippen LogP contribution < -0.4 is 4.72 Å². The Hall–Kier alpha value is -0.190. The monoisotopic (exact) mass is 203 g/mol. The fourth-order valence-corrected chi connectivity index (χ4v) is 2.68. The first kappa shape index (κ1) is 9.89. The molecule has 0 radical (unpaired) electrons. The minimum Gasteiger partial charge on any atom is -0.237 e. The summed E-state index contributed by atoms with van der Waals surface area (Å²) >= 11 is 1.56. The van der Waals surface area contributed by atoms with Crippen molar-refractivity contribution >= 4 is 22.3 Å². The van der Waals surface area contributed by atoms with Gasteiger partial charge >= 0.3 is 0 Å². The summed E-state index contributed by atoms with van der Waals surface area (Å²) < 4.78 is 14.5. The molecule has 1 N–H and O–H groups in total. The lowest BCUT2D eigenvalue weighted by Crippen LogP contribution is -2.36. The van der Waals surface area contributed by atoms with Gasteiger partial charge in [0.25, 0.3) is 0 Å². The fourth-order valence-electron chi connectivity index (χ4n) is 0.694. The predicted octanol–water partition coefficient (Wildman–Crippen LogP) is 2.16. The summed E-state index contributed by atoms with van der Waals surface area (Å²) in [4.78, 5) is 0.856. The molecule has 68 valence electrons. The minimum absolute atomic E-state index is 0.104. The van der Waals surface area contributed by atoms with Gasteiger partial charge < -0.3 is 0 Å². The third-order valence-corrected chi connectivity index (χ3v) is 3.42. The summed E-state index contributed by atoms with van der Waals surface area (Å²) in [7, 11) is -1.06. The van der Waals surface area contributed by atoms with Crippen molar-refractivity contribution in [1.82, 2.24) is 4.72 Å². The second-order valence-electron chi connectivity index (χ2n) is 3.58. The normalized spacial score (nSPS) is 14.6. The van der Waals surface area contributed by atoms with Crippen LogP contribution in [0.15, 0.2) is 21.7 Å². The zero-order valence-electron chi connectivity index (χ0n) is 7.46. The van der Waals surface area contributed by atoms with Crippen molar-refractivity contribution in [3.8, 4) is 0 Å². The van der Waals surface area contributed by atoms with Gasteiger partial charge in [0.2, 0.25) is 0 Å². The van der Waals surface area contributed by atoms with Crippen LogP contribution in [0.25, 0.3) is 0 Å². The molecule has 1 atom stereocenters. The van der Waals surface area contributed by atoms with Gasteiger partial charge in [0.15, 0.2) is 0 Å². The standard InChI is InChI=1S/C8H13NOS2/c1-8(2,3)9-12(10)7-4-5-11-6-7/h4-6,9H,1-3H3. The Morgan fingerprint density at radius 3 is 2.58 bits per heavy atom. The third kappa shape index (κ3) is 3.05. The lowest BCUT2D eigenvalue weighted by Gasteiger charge is -2.18. The number of thiophene rings is 1. The molecule has 0 aromatic carbocycles. The van der Waals surface area contributed by atoms with Crippen LogP contribution in [0.3, 0.4) is 0 Å². The van der Waals surface area contributed by atoms with E-state index in [0.29, 0.717) is 0 Å². The molecule has 1 unspecified atom stereocenters. The molecule has 0 saturated carbocycles. The maximum Gasteiger partial charge on any atom is 0.126 e. The largest absolute Gasteiger partial charge is 0.237 e. The zero-order chi connectivity index (χ0) is 9.19. The van der Waals surface area contributed by atoms with Crippen LogP contribution in [0.2, 0.25) is 0 Å². The zero-order valence-corrected chi connectivity index (χ0v) is 9.09. The molecule has 0 fully saturated rings. The first-order valence-corrected chi connectivity index (χ1v) is 5.80. The van der Waals surface area contributed by atoms with Gasteiger partial charge in [-0.05, 0) is 32.2 Å². The van der Waals surface area contributed by atoms with Crippen LogP contribution in [-0.4, -0.2) is 9.75 Å².